The molecule has 0 radical (unpaired) electrons. The lowest BCUT2D eigenvalue weighted by molar-refractivity contribution is -0.132. The third-order valence-corrected chi connectivity index (χ3v) is 7.01. The van der Waals surface area contributed by atoms with E-state index in [0.717, 1.165) is 5.56 Å². The molecular formula is C28H26Cl2FN3O5. The molecule has 3 N–H and O–H groups in total. The quantitative estimate of drug-likeness (QED) is 0.297. The van der Waals surface area contributed by atoms with E-state index in [-0.39, 0.29) is 53.2 Å². The lowest BCUT2D eigenvalue weighted by atomic mass is 10.1. The number of aromatic carboxylic acids is 1. The van der Waals surface area contributed by atoms with E-state index in [1.165, 1.54) is 41.3 Å². The topological polar surface area (TPSA) is 108 Å². The molecule has 4 rings (SSSR count). The number of hydrogen-bond acceptors (Lipinski definition) is 4. The third-order valence-electron chi connectivity index (χ3n) is 6.35. The molecule has 8 nitrogen and oxygen atoms in total. The van der Waals surface area contributed by atoms with Crippen LogP contribution in [-0.4, -0.2) is 53.3 Å². The number of anilines is 2. The van der Waals surface area contributed by atoms with Gasteiger partial charge in [-0.1, -0.05) is 41.4 Å². The van der Waals surface area contributed by atoms with Crippen LogP contribution in [0.25, 0.3) is 0 Å². The van der Waals surface area contributed by atoms with Crippen LogP contribution in [0.15, 0.2) is 60.7 Å². The van der Waals surface area contributed by atoms with Gasteiger partial charge in [0.15, 0.2) is 0 Å². The van der Waals surface area contributed by atoms with Crippen molar-refractivity contribution < 1.29 is 28.6 Å². The number of halogens is 3. The molecule has 3 aromatic rings. The number of nitrogens with one attached hydrogen (secondary N) is 2. The van der Waals surface area contributed by atoms with Crippen molar-refractivity contribution in [1.82, 2.24) is 4.90 Å². The van der Waals surface area contributed by atoms with E-state index in [2.05, 4.69) is 10.6 Å². The maximum atomic E-state index is 14.3. The molecule has 11 heteroatoms. The molecule has 0 saturated carbocycles. The summed E-state index contributed by atoms with van der Waals surface area (Å²) in [4.78, 5) is 38.0. The Hall–Kier alpha value is -3.82. The predicted octanol–water partition coefficient (Wildman–Crippen LogP) is 6.20. The summed E-state index contributed by atoms with van der Waals surface area (Å²) in [5.41, 5.74) is 2.36. The number of nitrogens with zero attached hydrogens (tertiary/aromatic N) is 1. The number of carbonyl (C=O) groups excluding carboxylic acids is 2. The van der Waals surface area contributed by atoms with Gasteiger partial charge in [0.2, 0.25) is 5.91 Å². The first-order valence-electron chi connectivity index (χ1n) is 12.1. The van der Waals surface area contributed by atoms with Gasteiger partial charge < -0.3 is 25.4 Å². The lowest BCUT2D eigenvalue weighted by Gasteiger charge is -2.25. The molecule has 0 aliphatic carbocycles. The van der Waals surface area contributed by atoms with Crippen molar-refractivity contribution in [2.45, 2.75) is 32.0 Å². The molecule has 0 bridgehead atoms. The number of carbonyl (C=O) groups is 3. The van der Waals surface area contributed by atoms with Crippen LogP contribution in [0.1, 0.15) is 27.9 Å². The van der Waals surface area contributed by atoms with Crippen molar-refractivity contribution in [2.24, 2.45) is 0 Å². The van der Waals surface area contributed by atoms with Gasteiger partial charge in [0.1, 0.15) is 18.5 Å². The Bertz CT molecular complexity index is 1390. The number of carboxylic acids is 1. The Balaban J connectivity index is 1.38. The van der Waals surface area contributed by atoms with Crippen molar-refractivity contribution in [3.05, 3.63) is 87.4 Å². The zero-order valence-corrected chi connectivity index (χ0v) is 22.4. The maximum absolute atomic E-state index is 14.3. The van der Waals surface area contributed by atoms with E-state index in [1.54, 1.807) is 12.1 Å². The van der Waals surface area contributed by atoms with Crippen LogP contribution in [0.5, 0.6) is 5.75 Å². The molecule has 1 fully saturated rings. The molecule has 204 valence electrons. The maximum Gasteiger partial charge on any atom is 0.335 e. The standard InChI is InChI=1S/C28H26Cl2FN3O5/c1-16-4-2-3-5-24(16)32-28(38)33-25-13-22(29)18(10-23(25)30)11-26(35)34-14-19(31)12-20(34)15-39-21-8-6-17(7-9-21)27(36)37/h2-10,13,19-20H,11-12,14-15H2,1H3,(H,36,37)(H2,32,33,38)/t19-,20-/m0/s1. The second-order valence-corrected chi connectivity index (χ2v) is 9.98. The molecule has 3 aromatic carbocycles. The summed E-state index contributed by atoms with van der Waals surface area (Å²) in [5.74, 6) is -0.984. The van der Waals surface area contributed by atoms with Crippen LogP contribution >= 0.6 is 23.2 Å². The number of urea groups is 1. The van der Waals surface area contributed by atoms with Crippen LogP contribution in [0.2, 0.25) is 10.0 Å². The van der Waals surface area contributed by atoms with E-state index in [1.807, 2.05) is 19.1 Å². The second-order valence-electron chi connectivity index (χ2n) is 9.17. The van der Waals surface area contributed by atoms with Gasteiger partial charge in [-0.2, -0.15) is 0 Å². The molecule has 1 heterocycles. The number of carboxylic acid groups (broad SMARTS) is 1. The van der Waals surface area contributed by atoms with Gasteiger partial charge in [-0.3, -0.25) is 4.79 Å². The van der Waals surface area contributed by atoms with E-state index in [0.29, 0.717) is 17.0 Å². The largest absolute Gasteiger partial charge is 0.491 e. The molecular weight excluding hydrogens is 548 g/mol. The Morgan fingerprint density at radius 3 is 2.41 bits per heavy atom. The fraction of sp³-hybridized carbons (Fsp3) is 0.250. The summed E-state index contributed by atoms with van der Waals surface area (Å²) in [6, 6.07) is 15.1. The fourth-order valence-electron chi connectivity index (χ4n) is 4.28. The first kappa shape index (κ1) is 28.2. The molecule has 0 spiro atoms. The van der Waals surface area contributed by atoms with Gasteiger partial charge in [0.25, 0.3) is 0 Å². The van der Waals surface area contributed by atoms with Gasteiger partial charge in [0, 0.05) is 17.1 Å². The number of likely N-dealkylation sites (tertiary alicyclic amines) is 1. The van der Waals surface area contributed by atoms with Crippen molar-refractivity contribution >= 4 is 52.5 Å². The summed E-state index contributed by atoms with van der Waals surface area (Å²) in [6.07, 6.45) is -1.20. The average Bonchev–Trinajstić information content (AvgIpc) is 3.28. The Morgan fingerprint density at radius 1 is 1.03 bits per heavy atom. The zero-order valence-electron chi connectivity index (χ0n) is 20.9. The van der Waals surface area contributed by atoms with Crippen molar-refractivity contribution in [2.75, 3.05) is 23.8 Å². The average molecular weight is 574 g/mol. The lowest BCUT2D eigenvalue weighted by Crippen LogP contribution is -2.40. The molecule has 0 aromatic heterocycles. The Kier molecular flexibility index (Phi) is 8.93. The normalized spacial score (nSPS) is 16.6. The highest BCUT2D eigenvalue weighted by atomic mass is 35.5. The zero-order chi connectivity index (χ0) is 28.1. The predicted molar refractivity (Wildman–Crippen MR) is 148 cm³/mol. The minimum Gasteiger partial charge on any atom is -0.491 e. The number of alkyl halides is 1. The molecule has 0 unspecified atom stereocenters. The molecule has 1 saturated heterocycles. The first-order valence-corrected chi connectivity index (χ1v) is 12.9. The highest BCUT2D eigenvalue weighted by Crippen LogP contribution is 2.31. The van der Waals surface area contributed by atoms with Crippen LogP contribution < -0.4 is 15.4 Å². The Labute approximate surface area is 234 Å². The van der Waals surface area contributed by atoms with E-state index in [9.17, 15) is 18.8 Å². The number of rotatable bonds is 8. The number of benzene rings is 3. The smallest absolute Gasteiger partial charge is 0.335 e. The number of amides is 3. The SMILES string of the molecule is Cc1ccccc1NC(=O)Nc1cc(Cl)c(CC(=O)N2C[C@@H](F)C[C@H]2COc2ccc(C(=O)O)cc2)cc1Cl. The van der Waals surface area contributed by atoms with Crippen LogP contribution in [-0.2, 0) is 11.2 Å². The number of ether oxygens (including phenoxy) is 1. The van der Waals surface area contributed by atoms with Gasteiger partial charge >= 0.3 is 12.0 Å². The van der Waals surface area contributed by atoms with E-state index >= 15 is 0 Å². The highest BCUT2D eigenvalue weighted by molar-refractivity contribution is 6.36. The van der Waals surface area contributed by atoms with Gasteiger partial charge in [0.05, 0.1) is 35.3 Å². The van der Waals surface area contributed by atoms with Crippen molar-refractivity contribution in [3.63, 3.8) is 0 Å². The third kappa shape index (κ3) is 7.19. The summed E-state index contributed by atoms with van der Waals surface area (Å²) < 4.78 is 20.0. The van der Waals surface area contributed by atoms with Gasteiger partial charge in [-0.25, -0.2) is 14.0 Å². The first-order chi connectivity index (χ1) is 18.6. The summed E-state index contributed by atoms with van der Waals surface area (Å²) in [7, 11) is 0. The van der Waals surface area contributed by atoms with Crippen molar-refractivity contribution in [1.29, 1.82) is 0 Å². The van der Waals surface area contributed by atoms with Crippen molar-refractivity contribution in [3.8, 4) is 5.75 Å². The molecule has 1 aliphatic rings. The Morgan fingerprint density at radius 2 is 1.72 bits per heavy atom. The number of aryl methyl sites for hydroxylation is 1. The van der Waals surface area contributed by atoms with E-state index in [4.69, 9.17) is 33.0 Å². The fourth-order valence-corrected chi connectivity index (χ4v) is 4.75. The van der Waals surface area contributed by atoms with E-state index < -0.39 is 24.2 Å². The van der Waals surface area contributed by atoms with Crippen LogP contribution in [0, 0.1) is 6.92 Å². The van der Waals surface area contributed by atoms with Gasteiger partial charge in [-0.15, -0.1) is 0 Å². The molecule has 1 aliphatic heterocycles. The minimum atomic E-state index is -1.20. The molecule has 3 amide bonds. The summed E-state index contributed by atoms with van der Waals surface area (Å²) >= 11 is 12.8. The monoisotopic (exact) mass is 573 g/mol. The van der Waals surface area contributed by atoms with Crippen LogP contribution in [0.3, 0.4) is 0 Å². The molecule has 2 atom stereocenters. The van der Waals surface area contributed by atoms with Crippen LogP contribution in [0.4, 0.5) is 20.6 Å². The summed E-state index contributed by atoms with van der Waals surface area (Å²) in [5, 5.41) is 14.8. The van der Waals surface area contributed by atoms with Gasteiger partial charge in [-0.05, 0) is 60.5 Å². The number of para-hydroxylation sites is 1. The molecule has 39 heavy (non-hydrogen) atoms. The summed E-state index contributed by atoms with van der Waals surface area (Å²) in [6.45, 7) is 1.84. The highest BCUT2D eigenvalue weighted by Gasteiger charge is 2.36. The number of hydrogen-bond donors (Lipinski definition) is 3. The minimum absolute atomic E-state index is 0.0475. The second kappa shape index (κ2) is 12.4.